The van der Waals surface area contributed by atoms with E-state index in [1.807, 2.05) is 34.3 Å². The number of thioether (sulfide) groups is 1. The van der Waals surface area contributed by atoms with Gasteiger partial charge in [0.25, 0.3) is 0 Å². The molecule has 0 bridgehead atoms. The van der Waals surface area contributed by atoms with Crippen LogP contribution in [0, 0.1) is 5.92 Å². The first-order valence-corrected chi connectivity index (χ1v) is 14.0. The second-order valence-corrected chi connectivity index (χ2v) is 13.0. The lowest BCUT2D eigenvalue weighted by Gasteiger charge is -2.23. The highest BCUT2D eigenvalue weighted by Gasteiger charge is 2.21. The number of thiophene rings is 2. The van der Waals surface area contributed by atoms with Gasteiger partial charge in [-0.15, -0.1) is 22.7 Å². The van der Waals surface area contributed by atoms with E-state index in [0.717, 1.165) is 12.1 Å². The Morgan fingerprint density at radius 2 is 1.88 bits per heavy atom. The standard InChI is InChI=1S/C29H29NS3/c1-7-31-23-10-8-18(15-22(23)29(4,5)6)26-28-21(12-13-30-26)25-24(33-28)11-9-20-19(14-17(2)3)16-32-27(20)25/h7-13,15-17H,1,14H2,2-6H3. The summed E-state index contributed by atoms with van der Waals surface area (Å²) in [6, 6.07) is 13.6. The normalized spacial score (nSPS) is 12.4. The summed E-state index contributed by atoms with van der Waals surface area (Å²) in [5.74, 6) is 0.660. The predicted octanol–water partition coefficient (Wildman–Crippen LogP) is 10.1. The zero-order valence-electron chi connectivity index (χ0n) is 19.9. The molecule has 1 nitrogen and oxygen atoms in total. The third-order valence-corrected chi connectivity index (χ3v) is 9.09. The van der Waals surface area contributed by atoms with Crippen molar-refractivity contribution in [3.05, 3.63) is 71.1 Å². The summed E-state index contributed by atoms with van der Waals surface area (Å²) in [6.45, 7) is 15.3. The zero-order chi connectivity index (χ0) is 23.3. The number of nitrogens with zero attached hydrogens (tertiary/aromatic N) is 1. The van der Waals surface area contributed by atoms with Gasteiger partial charge in [-0.25, -0.2) is 0 Å². The number of aromatic nitrogens is 1. The summed E-state index contributed by atoms with van der Waals surface area (Å²) in [4.78, 5) is 6.15. The first-order valence-electron chi connectivity index (χ1n) is 11.4. The van der Waals surface area contributed by atoms with Gasteiger partial charge in [0.15, 0.2) is 0 Å². The number of hydrogen-bond acceptors (Lipinski definition) is 4. The SMILES string of the molecule is C=CSc1ccc(-c2nccc3c2sc2ccc4c(CC(C)C)csc4c23)cc1C(C)(C)C. The molecule has 0 spiro atoms. The molecule has 0 atom stereocenters. The molecule has 3 aromatic heterocycles. The molecule has 0 amide bonds. The number of benzene rings is 2. The molecule has 0 N–H and O–H groups in total. The van der Waals surface area contributed by atoms with Crippen molar-refractivity contribution in [1.82, 2.24) is 4.98 Å². The van der Waals surface area contributed by atoms with Crippen molar-refractivity contribution in [2.24, 2.45) is 5.92 Å². The summed E-state index contributed by atoms with van der Waals surface area (Å²) in [6.07, 6.45) is 3.11. The van der Waals surface area contributed by atoms with Gasteiger partial charge in [-0.2, -0.15) is 0 Å². The van der Waals surface area contributed by atoms with Crippen molar-refractivity contribution in [3.8, 4) is 11.3 Å². The minimum absolute atomic E-state index is 0.0470. The van der Waals surface area contributed by atoms with E-state index in [-0.39, 0.29) is 5.41 Å². The van der Waals surface area contributed by atoms with Crippen LogP contribution in [-0.4, -0.2) is 4.98 Å². The van der Waals surface area contributed by atoms with E-state index in [0.29, 0.717) is 5.92 Å². The average molecular weight is 488 g/mol. The van der Waals surface area contributed by atoms with Gasteiger partial charge in [-0.1, -0.05) is 65.1 Å². The molecular formula is C29H29NS3. The summed E-state index contributed by atoms with van der Waals surface area (Å²) in [5, 5.41) is 8.41. The van der Waals surface area contributed by atoms with E-state index in [2.05, 4.69) is 83.0 Å². The van der Waals surface area contributed by atoms with Gasteiger partial charge in [0.05, 0.1) is 10.4 Å². The molecule has 0 saturated carbocycles. The van der Waals surface area contributed by atoms with Crippen molar-refractivity contribution in [3.63, 3.8) is 0 Å². The van der Waals surface area contributed by atoms with Crippen LogP contribution in [0.15, 0.2) is 64.9 Å². The lowest BCUT2D eigenvalue weighted by Crippen LogP contribution is -2.12. The Labute approximate surface area is 208 Å². The Morgan fingerprint density at radius 1 is 1.06 bits per heavy atom. The van der Waals surface area contributed by atoms with E-state index >= 15 is 0 Å². The molecule has 0 fully saturated rings. The predicted molar refractivity (Wildman–Crippen MR) is 151 cm³/mol. The Morgan fingerprint density at radius 3 is 2.61 bits per heavy atom. The maximum atomic E-state index is 4.88. The molecule has 168 valence electrons. The van der Waals surface area contributed by atoms with Crippen LogP contribution < -0.4 is 0 Å². The fraction of sp³-hybridized carbons (Fsp3) is 0.276. The number of rotatable bonds is 5. The highest BCUT2D eigenvalue weighted by Crippen LogP contribution is 2.45. The summed E-state index contributed by atoms with van der Waals surface area (Å²) < 4.78 is 4.04. The van der Waals surface area contributed by atoms with Crippen LogP contribution in [0.1, 0.15) is 45.7 Å². The summed E-state index contributed by atoms with van der Waals surface area (Å²) >= 11 is 5.46. The fourth-order valence-electron chi connectivity index (χ4n) is 4.59. The fourth-order valence-corrected chi connectivity index (χ4v) is 7.84. The minimum Gasteiger partial charge on any atom is -0.255 e. The second kappa shape index (κ2) is 8.57. The number of hydrogen-bond donors (Lipinski definition) is 0. The lowest BCUT2D eigenvalue weighted by molar-refractivity contribution is 0.578. The number of fused-ring (bicyclic) bond motifs is 5. The van der Waals surface area contributed by atoms with Crippen molar-refractivity contribution in [2.45, 2.75) is 51.3 Å². The van der Waals surface area contributed by atoms with Crippen LogP contribution in [0.5, 0.6) is 0 Å². The van der Waals surface area contributed by atoms with Crippen molar-refractivity contribution < 1.29 is 0 Å². The zero-order valence-corrected chi connectivity index (χ0v) is 22.3. The molecular weight excluding hydrogens is 459 g/mol. The monoisotopic (exact) mass is 487 g/mol. The molecule has 2 aromatic carbocycles. The van der Waals surface area contributed by atoms with E-state index in [1.165, 1.54) is 51.8 Å². The van der Waals surface area contributed by atoms with Crippen LogP contribution in [0.25, 0.3) is 41.5 Å². The molecule has 0 unspecified atom stereocenters. The molecule has 0 aliphatic rings. The van der Waals surface area contributed by atoms with Gasteiger partial charge in [0.2, 0.25) is 0 Å². The van der Waals surface area contributed by atoms with Crippen LogP contribution in [0.4, 0.5) is 0 Å². The summed E-state index contributed by atoms with van der Waals surface area (Å²) in [7, 11) is 0. The van der Waals surface area contributed by atoms with Crippen LogP contribution >= 0.6 is 34.4 Å². The molecule has 5 aromatic rings. The van der Waals surface area contributed by atoms with Crippen LogP contribution in [-0.2, 0) is 11.8 Å². The average Bonchev–Trinajstić information content (AvgIpc) is 3.34. The van der Waals surface area contributed by atoms with Crippen molar-refractivity contribution in [2.75, 3.05) is 0 Å². The Hall–Kier alpha value is -2.14. The van der Waals surface area contributed by atoms with Gasteiger partial charge in [-0.3, -0.25) is 4.98 Å². The molecule has 3 heterocycles. The maximum Gasteiger partial charge on any atom is 0.0880 e. The smallest absolute Gasteiger partial charge is 0.0880 e. The largest absolute Gasteiger partial charge is 0.255 e. The first kappa shape index (κ1) is 22.6. The van der Waals surface area contributed by atoms with E-state index in [4.69, 9.17) is 4.98 Å². The quantitative estimate of drug-likeness (QED) is 0.229. The van der Waals surface area contributed by atoms with Crippen molar-refractivity contribution >= 4 is 64.7 Å². The lowest BCUT2D eigenvalue weighted by atomic mass is 9.85. The van der Waals surface area contributed by atoms with E-state index < -0.39 is 0 Å². The topological polar surface area (TPSA) is 12.9 Å². The molecule has 0 aliphatic carbocycles. The second-order valence-electron chi connectivity index (χ2n) is 10.1. The van der Waals surface area contributed by atoms with Crippen molar-refractivity contribution in [1.29, 1.82) is 0 Å². The third kappa shape index (κ3) is 4.03. The molecule has 0 saturated heterocycles. The van der Waals surface area contributed by atoms with E-state index in [9.17, 15) is 0 Å². The van der Waals surface area contributed by atoms with Crippen LogP contribution in [0.3, 0.4) is 0 Å². The van der Waals surface area contributed by atoms with Gasteiger partial charge in [-0.05, 0) is 69.3 Å². The third-order valence-electron chi connectivity index (χ3n) is 6.07. The van der Waals surface area contributed by atoms with Gasteiger partial charge >= 0.3 is 0 Å². The summed E-state index contributed by atoms with van der Waals surface area (Å²) in [5.41, 5.74) is 5.13. The molecule has 5 rings (SSSR count). The molecule has 33 heavy (non-hydrogen) atoms. The van der Waals surface area contributed by atoms with E-state index in [1.54, 1.807) is 11.8 Å². The highest BCUT2D eigenvalue weighted by molar-refractivity contribution is 8.02. The highest BCUT2D eigenvalue weighted by atomic mass is 32.2. The van der Waals surface area contributed by atoms with Gasteiger partial charge in [0, 0.05) is 36.8 Å². The Balaban J connectivity index is 1.74. The first-order chi connectivity index (χ1) is 15.8. The van der Waals surface area contributed by atoms with Crippen LogP contribution in [0.2, 0.25) is 0 Å². The van der Waals surface area contributed by atoms with Gasteiger partial charge < -0.3 is 0 Å². The molecule has 4 heteroatoms. The minimum atomic E-state index is 0.0470. The Kier molecular flexibility index (Phi) is 5.88. The number of pyridine rings is 1. The Bertz CT molecular complexity index is 1490. The maximum absolute atomic E-state index is 4.88. The molecule has 0 radical (unpaired) electrons. The van der Waals surface area contributed by atoms with Gasteiger partial charge in [0.1, 0.15) is 0 Å². The molecule has 0 aliphatic heterocycles.